The number of aryl methyl sites for hydroxylation is 1. The van der Waals surface area contributed by atoms with Crippen LogP contribution in [-0.4, -0.2) is 15.1 Å². The number of furan rings is 1. The maximum absolute atomic E-state index is 13.4. The van der Waals surface area contributed by atoms with E-state index in [1.165, 1.54) is 18.4 Å². The summed E-state index contributed by atoms with van der Waals surface area (Å²) in [6.07, 6.45) is 3.04. The van der Waals surface area contributed by atoms with Crippen LogP contribution in [0.5, 0.6) is 0 Å². The van der Waals surface area contributed by atoms with Gasteiger partial charge in [-0.25, -0.2) is 9.37 Å². The number of benzene rings is 1. The van der Waals surface area contributed by atoms with Crippen LogP contribution in [-0.2, 0) is 0 Å². The van der Waals surface area contributed by atoms with Crippen LogP contribution in [0.2, 0.25) is 0 Å². The smallest absolute Gasteiger partial charge is 0.262 e. The van der Waals surface area contributed by atoms with Gasteiger partial charge in [-0.15, -0.1) is 0 Å². The number of rotatable bonds is 2. The second-order valence-electron chi connectivity index (χ2n) is 5.14. The van der Waals surface area contributed by atoms with Gasteiger partial charge in [-0.3, -0.25) is 0 Å². The number of hydrogen-bond acceptors (Lipinski definition) is 6. The predicted molar refractivity (Wildman–Crippen MR) is 81.8 cm³/mol. The molecule has 0 radical (unpaired) electrons. The van der Waals surface area contributed by atoms with E-state index in [9.17, 15) is 4.39 Å². The van der Waals surface area contributed by atoms with E-state index in [2.05, 4.69) is 15.1 Å². The lowest BCUT2D eigenvalue weighted by molar-refractivity contribution is 0.432. The first-order valence-corrected chi connectivity index (χ1v) is 6.85. The van der Waals surface area contributed by atoms with Gasteiger partial charge < -0.3 is 14.7 Å². The van der Waals surface area contributed by atoms with Crippen molar-refractivity contribution in [3.63, 3.8) is 0 Å². The number of nitrogens with zero attached hydrogens (tertiary/aromatic N) is 3. The Hall–Kier alpha value is -3.22. The Morgan fingerprint density at radius 2 is 2.09 bits per heavy atom. The minimum atomic E-state index is -0.363. The molecule has 4 aromatic rings. The summed E-state index contributed by atoms with van der Waals surface area (Å²) in [6, 6.07) is 6.08. The molecular formula is C16H11FN4O2. The zero-order valence-corrected chi connectivity index (χ0v) is 12.1. The molecule has 4 rings (SSSR count). The summed E-state index contributed by atoms with van der Waals surface area (Å²) in [7, 11) is 0. The molecule has 0 aliphatic rings. The second-order valence-corrected chi connectivity index (χ2v) is 5.14. The molecule has 0 saturated heterocycles. The van der Waals surface area contributed by atoms with Crippen molar-refractivity contribution in [2.75, 3.05) is 5.73 Å². The molecule has 2 N–H and O–H groups in total. The largest absolute Gasteiger partial charge is 0.463 e. The molecule has 0 aliphatic carbocycles. The number of anilines is 1. The number of nitrogens with two attached hydrogens (primary N) is 1. The number of pyridine rings is 1. The highest BCUT2D eigenvalue weighted by Crippen LogP contribution is 2.31. The van der Waals surface area contributed by atoms with Gasteiger partial charge in [0, 0.05) is 17.1 Å². The zero-order chi connectivity index (χ0) is 16.0. The lowest BCUT2D eigenvalue weighted by atomic mass is 10.1. The second kappa shape index (κ2) is 4.91. The minimum absolute atomic E-state index is 0.249. The molecule has 0 unspecified atom stereocenters. The third kappa shape index (κ3) is 2.22. The number of aromatic nitrogens is 3. The fourth-order valence-corrected chi connectivity index (χ4v) is 2.32. The third-order valence-electron chi connectivity index (χ3n) is 3.57. The number of hydrogen-bond donors (Lipinski definition) is 1. The van der Waals surface area contributed by atoms with Crippen LogP contribution in [0.15, 0.2) is 45.7 Å². The quantitative estimate of drug-likeness (QED) is 0.608. The highest BCUT2D eigenvalue weighted by Gasteiger charge is 2.17. The molecule has 1 aromatic carbocycles. The molecule has 0 aliphatic heterocycles. The molecule has 0 saturated carbocycles. The van der Waals surface area contributed by atoms with E-state index in [0.717, 1.165) is 5.56 Å². The Labute approximate surface area is 129 Å². The Kier molecular flexibility index (Phi) is 2.87. The van der Waals surface area contributed by atoms with Crippen LogP contribution in [0.25, 0.3) is 33.8 Å². The van der Waals surface area contributed by atoms with E-state index >= 15 is 0 Å². The molecule has 7 heteroatoms. The van der Waals surface area contributed by atoms with Crippen molar-refractivity contribution >= 4 is 16.8 Å². The maximum atomic E-state index is 13.4. The van der Waals surface area contributed by atoms with Gasteiger partial charge in [0.2, 0.25) is 5.82 Å². The molecular weight excluding hydrogens is 299 g/mol. The van der Waals surface area contributed by atoms with Gasteiger partial charge in [0.1, 0.15) is 23.5 Å². The standard InChI is InChI=1S/C16H11FN4O2/c1-8-4-9(6-19-14(8)18)15-20-16(23-21-15)12-7-22-13-3-2-10(17)5-11(12)13/h2-7H,1H3,(H2,18,19). The first kappa shape index (κ1) is 13.4. The molecule has 6 nitrogen and oxygen atoms in total. The minimum Gasteiger partial charge on any atom is -0.463 e. The molecule has 0 amide bonds. The van der Waals surface area contributed by atoms with Crippen LogP contribution >= 0.6 is 0 Å². The first-order chi connectivity index (χ1) is 11.1. The Morgan fingerprint density at radius 1 is 1.22 bits per heavy atom. The average molecular weight is 310 g/mol. The predicted octanol–water partition coefficient (Wildman–Crippen LogP) is 3.57. The monoisotopic (exact) mass is 310 g/mol. The van der Waals surface area contributed by atoms with Crippen molar-refractivity contribution in [3.8, 4) is 22.8 Å². The zero-order valence-electron chi connectivity index (χ0n) is 12.1. The fraction of sp³-hybridized carbons (Fsp3) is 0.0625. The van der Waals surface area contributed by atoms with E-state index in [0.29, 0.717) is 33.7 Å². The van der Waals surface area contributed by atoms with Crippen LogP contribution in [0.4, 0.5) is 10.2 Å². The van der Waals surface area contributed by atoms with E-state index in [1.807, 2.05) is 13.0 Å². The van der Waals surface area contributed by atoms with Crippen molar-refractivity contribution in [1.29, 1.82) is 0 Å². The van der Waals surface area contributed by atoms with Gasteiger partial charge in [-0.05, 0) is 36.8 Å². The summed E-state index contributed by atoms with van der Waals surface area (Å²) >= 11 is 0. The van der Waals surface area contributed by atoms with E-state index in [-0.39, 0.29) is 11.7 Å². The van der Waals surface area contributed by atoms with E-state index in [1.54, 1.807) is 12.3 Å². The SMILES string of the molecule is Cc1cc(-c2noc(-c3coc4ccc(F)cc34)n2)cnc1N. The van der Waals surface area contributed by atoms with Gasteiger partial charge >= 0.3 is 0 Å². The summed E-state index contributed by atoms with van der Waals surface area (Å²) in [5.41, 5.74) is 8.30. The molecule has 0 bridgehead atoms. The van der Waals surface area contributed by atoms with Crippen LogP contribution in [0, 0.1) is 12.7 Å². The lowest BCUT2D eigenvalue weighted by Gasteiger charge is -1.99. The van der Waals surface area contributed by atoms with E-state index < -0.39 is 0 Å². The molecule has 0 spiro atoms. The lowest BCUT2D eigenvalue weighted by Crippen LogP contribution is -1.94. The Morgan fingerprint density at radius 3 is 2.91 bits per heavy atom. The number of nitrogen functional groups attached to an aromatic ring is 1. The van der Waals surface area contributed by atoms with Crippen LogP contribution in [0.3, 0.4) is 0 Å². The van der Waals surface area contributed by atoms with Gasteiger partial charge in [-0.2, -0.15) is 4.98 Å². The highest BCUT2D eigenvalue weighted by molar-refractivity contribution is 5.91. The third-order valence-corrected chi connectivity index (χ3v) is 3.57. The molecule has 0 atom stereocenters. The molecule has 3 heterocycles. The Bertz CT molecular complexity index is 1020. The topological polar surface area (TPSA) is 91.0 Å². The maximum Gasteiger partial charge on any atom is 0.262 e. The highest BCUT2D eigenvalue weighted by atomic mass is 19.1. The number of fused-ring (bicyclic) bond motifs is 1. The molecule has 114 valence electrons. The van der Waals surface area contributed by atoms with Crippen molar-refractivity contribution < 1.29 is 13.3 Å². The van der Waals surface area contributed by atoms with Gasteiger partial charge in [0.25, 0.3) is 5.89 Å². The molecule has 23 heavy (non-hydrogen) atoms. The van der Waals surface area contributed by atoms with Crippen molar-refractivity contribution in [3.05, 3.63) is 48.1 Å². The van der Waals surface area contributed by atoms with Gasteiger partial charge in [-0.1, -0.05) is 5.16 Å². The van der Waals surface area contributed by atoms with E-state index in [4.69, 9.17) is 14.7 Å². The normalized spacial score (nSPS) is 11.2. The van der Waals surface area contributed by atoms with Crippen LogP contribution < -0.4 is 5.73 Å². The van der Waals surface area contributed by atoms with Gasteiger partial charge in [0.05, 0.1) is 5.56 Å². The molecule has 3 aromatic heterocycles. The van der Waals surface area contributed by atoms with Crippen molar-refractivity contribution in [2.24, 2.45) is 0 Å². The van der Waals surface area contributed by atoms with Crippen molar-refractivity contribution in [2.45, 2.75) is 6.92 Å². The first-order valence-electron chi connectivity index (χ1n) is 6.85. The summed E-state index contributed by atoms with van der Waals surface area (Å²) in [6.45, 7) is 1.85. The summed E-state index contributed by atoms with van der Waals surface area (Å²) in [5, 5.41) is 4.52. The van der Waals surface area contributed by atoms with Crippen LogP contribution in [0.1, 0.15) is 5.56 Å². The fourth-order valence-electron chi connectivity index (χ4n) is 2.32. The van der Waals surface area contributed by atoms with Gasteiger partial charge in [0.15, 0.2) is 0 Å². The van der Waals surface area contributed by atoms with Crippen molar-refractivity contribution in [1.82, 2.24) is 15.1 Å². The summed E-state index contributed by atoms with van der Waals surface area (Å²) in [4.78, 5) is 8.41. The average Bonchev–Trinajstić information content (AvgIpc) is 3.16. The molecule has 0 fully saturated rings. The summed E-state index contributed by atoms with van der Waals surface area (Å²) in [5.74, 6) is 0.715. The summed E-state index contributed by atoms with van der Waals surface area (Å²) < 4.78 is 24.1. The Balaban J connectivity index is 1.80. The number of halogens is 1.